The van der Waals surface area contributed by atoms with E-state index in [0.29, 0.717) is 6.61 Å². The zero-order valence-corrected chi connectivity index (χ0v) is 13.6. The minimum atomic E-state index is -0.791. The fourth-order valence-electron chi connectivity index (χ4n) is 2.39. The normalized spacial score (nSPS) is 17.2. The number of benzene rings is 1. The van der Waals surface area contributed by atoms with Crippen LogP contribution in [0.2, 0.25) is 0 Å². The van der Waals surface area contributed by atoms with Crippen molar-refractivity contribution in [3.05, 3.63) is 33.4 Å². The van der Waals surface area contributed by atoms with Crippen molar-refractivity contribution >= 4 is 28.6 Å². The first-order valence-corrected chi connectivity index (χ1v) is 8.01. The first-order valence-electron chi connectivity index (χ1n) is 6.93. The second kappa shape index (κ2) is 7.95. The number of hydrogen-bond donors (Lipinski definition) is 1. The third-order valence-corrected chi connectivity index (χ3v) is 4.24. The van der Waals surface area contributed by atoms with Crippen molar-refractivity contribution < 1.29 is 14.6 Å². The Morgan fingerprint density at radius 3 is 2.55 bits per heavy atom. The molecule has 2 rings (SSSR count). The third-order valence-electron chi connectivity index (χ3n) is 3.52. The fraction of sp³-hybridized carbons (Fsp3) is 0.533. The number of ether oxygens (including phenoxy) is 1. The number of carbonyl (C=O) groups is 1. The highest BCUT2D eigenvalue weighted by molar-refractivity contribution is 14.1. The van der Waals surface area contributed by atoms with Gasteiger partial charge < -0.3 is 9.84 Å². The molecule has 0 atom stereocenters. The third kappa shape index (κ3) is 5.38. The summed E-state index contributed by atoms with van der Waals surface area (Å²) < 4.78 is 6.86. The van der Waals surface area contributed by atoms with E-state index in [1.54, 1.807) is 0 Å². The lowest BCUT2D eigenvalue weighted by Crippen LogP contribution is -2.36. The molecule has 1 heterocycles. The lowest BCUT2D eigenvalue weighted by atomic mass is 10.1. The van der Waals surface area contributed by atoms with Crippen molar-refractivity contribution in [2.24, 2.45) is 0 Å². The quantitative estimate of drug-likeness (QED) is 0.761. The molecule has 0 unspecified atom stereocenters. The van der Waals surface area contributed by atoms with Gasteiger partial charge in [0.25, 0.3) is 0 Å². The molecule has 0 spiro atoms. The molecule has 20 heavy (non-hydrogen) atoms. The van der Waals surface area contributed by atoms with E-state index in [4.69, 9.17) is 9.84 Å². The summed E-state index contributed by atoms with van der Waals surface area (Å²) in [5.41, 5.74) is 1.34. The van der Waals surface area contributed by atoms with Crippen LogP contribution < -0.4 is 0 Å². The molecule has 1 aromatic carbocycles. The van der Waals surface area contributed by atoms with E-state index in [1.807, 2.05) is 0 Å². The second-order valence-electron chi connectivity index (χ2n) is 5.12. The molecule has 1 N–H and O–H groups in total. The van der Waals surface area contributed by atoms with Crippen LogP contribution in [0, 0.1) is 3.57 Å². The molecule has 1 saturated heterocycles. The average Bonchev–Trinajstić information content (AvgIpc) is 2.43. The van der Waals surface area contributed by atoms with Gasteiger partial charge in [0.15, 0.2) is 0 Å². The van der Waals surface area contributed by atoms with Crippen LogP contribution >= 0.6 is 22.6 Å². The van der Waals surface area contributed by atoms with Gasteiger partial charge in [0.2, 0.25) is 0 Å². The molecule has 5 heteroatoms. The highest BCUT2D eigenvalue weighted by Crippen LogP contribution is 2.17. The zero-order chi connectivity index (χ0) is 14.4. The van der Waals surface area contributed by atoms with Crippen molar-refractivity contribution in [1.82, 2.24) is 4.90 Å². The Bertz CT molecular complexity index is 427. The van der Waals surface area contributed by atoms with Gasteiger partial charge in [-0.05, 0) is 53.1 Å². The van der Waals surface area contributed by atoms with Crippen molar-refractivity contribution in [3.63, 3.8) is 0 Å². The van der Waals surface area contributed by atoms with Crippen molar-refractivity contribution in [2.45, 2.75) is 31.9 Å². The van der Waals surface area contributed by atoms with Crippen LogP contribution in [0.25, 0.3) is 0 Å². The van der Waals surface area contributed by atoms with Gasteiger partial charge in [-0.2, -0.15) is 0 Å². The summed E-state index contributed by atoms with van der Waals surface area (Å²) in [6, 6.07) is 8.63. The van der Waals surface area contributed by atoms with E-state index in [-0.39, 0.29) is 12.5 Å². The second-order valence-corrected chi connectivity index (χ2v) is 6.36. The van der Waals surface area contributed by atoms with Gasteiger partial charge in [0.05, 0.1) is 19.1 Å². The molecule has 0 aliphatic carbocycles. The zero-order valence-electron chi connectivity index (χ0n) is 11.4. The number of halogens is 1. The van der Waals surface area contributed by atoms with E-state index in [0.717, 1.165) is 32.5 Å². The Kier molecular flexibility index (Phi) is 6.25. The predicted molar refractivity (Wildman–Crippen MR) is 85.7 cm³/mol. The fourth-order valence-corrected chi connectivity index (χ4v) is 2.75. The Morgan fingerprint density at radius 1 is 1.30 bits per heavy atom. The molecule has 1 fully saturated rings. The van der Waals surface area contributed by atoms with Gasteiger partial charge in [-0.15, -0.1) is 0 Å². The molecule has 0 saturated carbocycles. The van der Waals surface area contributed by atoms with Crippen LogP contribution in [-0.2, 0) is 16.1 Å². The van der Waals surface area contributed by atoms with E-state index in [2.05, 4.69) is 51.8 Å². The maximum Gasteiger partial charge on any atom is 0.305 e. The molecule has 110 valence electrons. The number of rotatable bonds is 6. The number of carboxylic acid groups (broad SMARTS) is 1. The van der Waals surface area contributed by atoms with Gasteiger partial charge >= 0.3 is 5.97 Å². The van der Waals surface area contributed by atoms with Crippen LogP contribution in [-0.4, -0.2) is 41.8 Å². The minimum Gasteiger partial charge on any atom is -0.481 e. The average molecular weight is 389 g/mol. The SMILES string of the molecule is O=C(O)CCOC1CCN(Cc2ccc(I)cc2)CC1. The lowest BCUT2D eigenvalue weighted by Gasteiger charge is -2.31. The summed E-state index contributed by atoms with van der Waals surface area (Å²) in [5.74, 6) is -0.791. The minimum absolute atomic E-state index is 0.100. The topological polar surface area (TPSA) is 49.8 Å². The summed E-state index contributed by atoms with van der Waals surface area (Å²) in [6.45, 7) is 3.35. The molecule has 1 aromatic rings. The predicted octanol–water partition coefficient (Wildman–Crippen LogP) is 2.75. The number of aliphatic carboxylic acids is 1. The number of hydrogen-bond acceptors (Lipinski definition) is 3. The number of nitrogens with zero attached hydrogens (tertiary/aromatic N) is 1. The molecule has 0 aromatic heterocycles. The molecule has 0 radical (unpaired) electrons. The number of likely N-dealkylation sites (tertiary alicyclic amines) is 1. The van der Waals surface area contributed by atoms with Crippen molar-refractivity contribution in [3.8, 4) is 0 Å². The standard InChI is InChI=1S/C15H20INO3/c16-13-3-1-12(2-4-13)11-17-8-5-14(6-9-17)20-10-7-15(18)19/h1-4,14H,5-11H2,(H,18,19). The summed E-state index contributed by atoms with van der Waals surface area (Å²) in [7, 11) is 0. The van der Waals surface area contributed by atoms with Crippen LogP contribution in [0.1, 0.15) is 24.8 Å². The monoisotopic (exact) mass is 389 g/mol. The maximum atomic E-state index is 10.4. The molecular formula is C15H20INO3. The van der Waals surface area contributed by atoms with Gasteiger partial charge in [0.1, 0.15) is 0 Å². The van der Waals surface area contributed by atoms with E-state index in [9.17, 15) is 4.79 Å². The highest BCUT2D eigenvalue weighted by atomic mass is 127. The number of piperidine rings is 1. The first-order chi connectivity index (χ1) is 9.63. The van der Waals surface area contributed by atoms with E-state index < -0.39 is 5.97 Å². The van der Waals surface area contributed by atoms with Crippen LogP contribution in [0.3, 0.4) is 0 Å². The number of carboxylic acids is 1. The molecule has 1 aliphatic heterocycles. The summed E-state index contributed by atoms with van der Waals surface area (Å²) in [4.78, 5) is 12.9. The molecular weight excluding hydrogens is 369 g/mol. The van der Waals surface area contributed by atoms with Gasteiger partial charge in [-0.25, -0.2) is 0 Å². The Balaban J connectivity index is 1.68. The summed E-state index contributed by atoms with van der Waals surface area (Å²) >= 11 is 2.32. The Hall–Kier alpha value is -0.660. The van der Waals surface area contributed by atoms with Crippen molar-refractivity contribution in [1.29, 1.82) is 0 Å². The molecule has 0 amide bonds. The van der Waals surface area contributed by atoms with Crippen molar-refractivity contribution in [2.75, 3.05) is 19.7 Å². The summed E-state index contributed by atoms with van der Waals surface area (Å²) in [5, 5.41) is 8.58. The smallest absolute Gasteiger partial charge is 0.305 e. The van der Waals surface area contributed by atoms with Gasteiger partial charge in [-0.1, -0.05) is 12.1 Å². The van der Waals surface area contributed by atoms with Crippen LogP contribution in [0.4, 0.5) is 0 Å². The van der Waals surface area contributed by atoms with Crippen LogP contribution in [0.5, 0.6) is 0 Å². The molecule has 4 nitrogen and oxygen atoms in total. The summed E-state index contributed by atoms with van der Waals surface area (Å²) in [6.07, 6.45) is 2.30. The Labute approximate surface area is 133 Å². The maximum absolute atomic E-state index is 10.4. The largest absolute Gasteiger partial charge is 0.481 e. The van der Waals surface area contributed by atoms with E-state index in [1.165, 1.54) is 9.13 Å². The van der Waals surface area contributed by atoms with Gasteiger partial charge in [-0.3, -0.25) is 9.69 Å². The Morgan fingerprint density at radius 2 is 1.95 bits per heavy atom. The highest BCUT2D eigenvalue weighted by Gasteiger charge is 2.19. The lowest BCUT2D eigenvalue weighted by molar-refractivity contribution is -0.138. The van der Waals surface area contributed by atoms with E-state index >= 15 is 0 Å². The molecule has 1 aliphatic rings. The van der Waals surface area contributed by atoms with Gasteiger partial charge in [0, 0.05) is 23.2 Å². The first kappa shape index (κ1) is 15.7. The molecule has 0 bridgehead atoms. The van der Waals surface area contributed by atoms with Crippen LogP contribution in [0.15, 0.2) is 24.3 Å².